The van der Waals surface area contributed by atoms with Gasteiger partial charge in [-0.3, -0.25) is 0 Å². The van der Waals surface area contributed by atoms with Crippen molar-refractivity contribution < 1.29 is 64.9 Å². The highest BCUT2D eigenvalue weighted by atomic mass is 35.5. The lowest BCUT2D eigenvalue weighted by Gasteiger charge is -2.22. The molecule has 35 nitrogen and oxygen atoms in total. The van der Waals surface area contributed by atoms with E-state index in [1.807, 2.05) is 175 Å². The van der Waals surface area contributed by atoms with Crippen molar-refractivity contribution in [2.45, 2.75) is 187 Å². The number of tetrazole rings is 3. The molecule has 0 amide bonds. The van der Waals surface area contributed by atoms with Crippen LogP contribution in [0.1, 0.15) is 214 Å². The molecule has 0 aliphatic heterocycles. The maximum absolute atomic E-state index is 13.6. The first-order valence-electron chi connectivity index (χ1n) is 39.6. The summed E-state index contributed by atoms with van der Waals surface area (Å²) in [5.41, 5.74) is 11.3. The Balaban J connectivity index is 0.000000196. The lowest BCUT2D eigenvalue weighted by molar-refractivity contribution is 0.0124. The molecule has 9 heterocycles. The summed E-state index contributed by atoms with van der Waals surface area (Å²) in [7, 11) is 1.57. The van der Waals surface area contributed by atoms with Crippen molar-refractivity contribution in [3.05, 3.63) is 287 Å². The summed E-state index contributed by atoms with van der Waals surface area (Å²) in [5.74, 6) is -0.127. The number of nitrogens with one attached hydrogen (secondary N) is 3. The number of aliphatic hydroxyl groups is 1. The van der Waals surface area contributed by atoms with Gasteiger partial charge in [-0.15, -0.1) is 42.2 Å². The molecule has 0 radical (unpaired) electrons. The Morgan fingerprint density at radius 1 is 0.449 bits per heavy atom. The molecule has 0 saturated heterocycles. The molecule has 127 heavy (non-hydrogen) atoms. The van der Waals surface area contributed by atoms with Crippen molar-refractivity contribution in [3.8, 4) is 67.5 Å². The van der Waals surface area contributed by atoms with Gasteiger partial charge in [0.2, 0.25) is 17.5 Å². The van der Waals surface area contributed by atoms with E-state index in [0.717, 1.165) is 97.7 Å². The number of H-pyrrole nitrogens is 3. The first-order chi connectivity index (χ1) is 59.8. The molecule has 0 aliphatic carbocycles. The van der Waals surface area contributed by atoms with Crippen molar-refractivity contribution in [3.63, 3.8) is 0 Å². The minimum atomic E-state index is -1.44. The quantitative estimate of drug-likeness (QED) is 0.0173. The molecule has 0 bridgehead atoms. The van der Waals surface area contributed by atoms with Gasteiger partial charge in [0.1, 0.15) is 40.1 Å². The van der Waals surface area contributed by atoms with Crippen LogP contribution in [0, 0.1) is 13.8 Å². The number of rotatable bonds is 32. The van der Waals surface area contributed by atoms with E-state index in [0.29, 0.717) is 84.8 Å². The van der Waals surface area contributed by atoms with E-state index in [4.69, 9.17) is 67.0 Å². The molecule has 0 atom stereocenters. The molecule has 0 saturated carbocycles. The van der Waals surface area contributed by atoms with Gasteiger partial charge in [-0.2, -0.15) is 15.6 Å². The summed E-state index contributed by atoms with van der Waals surface area (Å²) in [6.45, 7) is 22.1. The third kappa shape index (κ3) is 22.0. The predicted octanol–water partition coefficient (Wildman–Crippen LogP) is 16.3. The van der Waals surface area contributed by atoms with Crippen LogP contribution in [-0.4, -0.2) is 121 Å². The van der Waals surface area contributed by atoms with Gasteiger partial charge >= 0.3 is 35.4 Å². The molecule has 0 fully saturated rings. The number of allylic oxidation sites excluding steroid dienone is 1. The number of halogens is 1. The van der Waals surface area contributed by atoms with Gasteiger partial charge in [-0.05, 0) is 139 Å². The Kier molecular flexibility index (Phi) is 31.6. The largest absolute Gasteiger partial charge is 0.519 e. The van der Waals surface area contributed by atoms with Gasteiger partial charge in [-0.25, -0.2) is 43.7 Å². The van der Waals surface area contributed by atoms with Crippen molar-refractivity contribution in [1.29, 1.82) is 0 Å². The maximum Gasteiger partial charge on any atom is 0.519 e. The number of carbonyl (C=O) groups is 3. The van der Waals surface area contributed by atoms with Crippen molar-refractivity contribution in [1.82, 2.24) is 90.5 Å². The van der Waals surface area contributed by atoms with E-state index in [-0.39, 0.29) is 99.6 Å². The average Bonchev–Trinajstić information content (AvgIpc) is 1.61. The Labute approximate surface area is 735 Å². The zero-order chi connectivity index (χ0) is 87.9. The first kappa shape index (κ1) is 94.8. The van der Waals surface area contributed by atoms with E-state index in [9.17, 15) is 33.9 Å². The molecular weight excluding hydrogens is 1650 g/mol. The third-order valence-corrected chi connectivity index (χ3v) is 20.3. The van der Waals surface area contributed by atoms with E-state index in [1.54, 1.807) is 46.3 Å². The van der Waals surface area contributed by atoms with Crippen molar-refractivity contribution >= 4 is 35.1 Å². The summed E-state index contributed by atoms with van der Waals surface area (Å²) >= 11 is 5.81. The van der Waals surface area contributed by atoms with E-state index >= 15 is 0 Å². The molecule has 0 unspecified atom stereocenters. The average molecular weight is 1750 g/mol. The normalized spacial score (nSPS) is 11.2. The molecule has 0 aliphatic rings. The molecule has 664 valence electrons. The van der Waals surface area contributed by atoms with Crippen LogP contribution in [0.3, 0.4) is 0 Å². The minimum Gasteiger partial charge on any atom is -0.453 e. The highest BCUT2D eigenvalue weighted by Crippen LogP contribution is 2.37. The Morgan fingerprint density at radius 3 is 1.09 bits per heavy atom. The second-order valence-electron chi connectivity index (χ2n) is 29.7. The molecule has 36 heteroatoms. The van der Waals surface area contributed by atoms with Crippen LogP contribution >= 0.6 is 11.6 Å². The lowest BCUT2D eigenvalue weighted by Crippen LogP contribution is -2.25. The molecule has 15 rings (SSSR count). The summed E-state index contributed by atoms with van der Waals surface area (Å²) < 4.78 is 57.5. The van der Waals surface area contributed by atoms with Crippen molar-refractivity contribution in [2.75, 3.05) is 7.11 Å². The van der Waals surface area contributed by atoms with Gasteiger partial charge < -0.3 is 64.3 Å². The molecule has 9 aromatic heterocycles. The number of aromatic amines is 3. The zero-order valence-corrected chi connectivity index (χ0v) is 70.6. The topological polar surface area (TPSA) is 455 Å². The number of esters is 3. The molecule has 15 aromatic rings. The van der Waals surface area contributed by atoms with Gasteiger partial charge in [-0.1, -0.05) is 195 Å². The SMILES string of the molecule is C.C.C.C=C(C)c1nc(CCC)n(Cc2ccc(-c3ccccc3-c3nn[nH]n3)cc2)c1C(=O)OCc1oc(=O)oc1C.CCCc1nc(C(C)(C)O)c(C(=O)OCc2oc(=O)oc2CCl)n1Cc1ccc(-c2ccccc2-c2nn[nH]n2)cc1.CCCc1nc(C(C)(C)OC)c(C(=O)OCc2oc(=O)oc2C)n1Cc1ccc(-c2ccccc2-c2nn[nH]n2)cc1. The number of hydrogen-bond acceptors (Lipinski definition) is 29. The predicted molar refractivity (Wildman–Crippen MR) is 469 cm³/mol. The Hall–Kier alpha value is -14.5. The molecular formula is C91H101ClN18O17. The summed E-state index contributed by atoms with van der Waals surface area (Å²) in [6, 6.07) is 47.5. The fourth-order valence-corrected chi connectivity index (χ4v) is 14.0. The second kappa shape index (κ2) is 42.3. The lowest BCUT2D eigenvalue weighted by atomic mass is 9.98. The number of ether oxygens (including phenoxy) is 4. The van der Waals surface area contributed by atoms with E-state index in [2.05, 4.69) is 87.3 Å². The summed E-state index contributed by atoms with van der Waals surface area (Å²) in [4.78, 5) is 89.2. The van der Waals surface area contributed by atoms with Crippen LogP contribution in [0.4, 0.5) is 0 Å². The number of alkyl halides is 1. The number of aryl methyl sites for hydroxylation is 5. The minimum absolute atomic E-state index is 0. The number of methoxy groups -OCH3 is 1. The molecule has 0 spiro atoms. The third-order valence-electron chi connectivity index (χ3n) is 20.1. The van der Waals surface area contributed by atoms with Crippen LogP contribution in [0.25, 0.3) is 73.1 Å². The van der Waals surface area contributed by atoms with Crippen LogP contribution in [0.15, 0.2) is 193 Å². The Morgan fingerprint density at radius 2 is 0.764 bits per heavy atom. The van der Waals surface area contributed by atoms with Gasteiger partial charge in [0.05, 0.1) is 11.6 Å². The molecule has 4 N–H and O–H groups in total. The van der Waals surface area contributed by atoms with E-state index in [1.165, 1.54) is 0 Å². The van der Waals surface area contributed by atoms with Crippen molar-refractivity contribution in [2.24, 2.45) is 0 Å². The molecule has 6 aromatic carbocycles. The second-order valence-corrected chi connectivity index (χ2v) is 30.0. The van der Waals surface area contributed by atoms with E-state index < -0.39 is 46.6 Å². The monoisotopic (exact) mass is 1750 g/mol. The van der Waals surface area contributed by atoms with Gasteiger partial charge in [0, 0.05) is 62.7 Å². The zero-order valence-electron chi connectivity index (χ0n) is 69.8. The number of nitrogens with zero attached hydrogens (tertiary/aromatic N) is 15. The van der Waals surface area contributed by atoms with Crippen LogP contribution in [0.5, 0.6) is 0 Å². The Bertz CT molecular complexity index is 6400. The smallest absolute Gasteiger partial charge is 0.453 e. The fraction of sp³-hybridized carbons (Fsp3) is 0.319. The summed E-state index contributed by atoms with van der Waals surface area (Å²) in [5, 5.41) is 54.2. The maximum atomic E-state index is 13.6. The number of aromatic nitrogens is 18. The number of carbonyl (C=O) groups excluding carboxylic acids is 3. The van der Waals surface area contributed by atoms with Gasteiger partial charge in [0.25, 0.3) is 0 Å². The fourth-order valence-electron chi connectivity index (χ4n) is 13.8. The number of hydrogen-bond donors (Lipinski definition) is 4. The van der Waals surface area contributed by atoms with Crippen LogP contribution in [0.2, 0.25) is 0 Å². The van der Waals surface area contributed by atoms with Crippen LogP contribution < -0.4 is 17.5 Å². The highest BCUT2D eigenvalue weighted by Gasteiger charge is 2.37. The summed E-state index contributed by atoms with van der Waals surface area (Å²) in [6.07, 6.45) is 4.31. The number of benzene rings is 6. The van der Waals surface area contributed by atoms with Gasteiger partial charge in [0.15, 0.2) is 71.5 Å². The highest BCUT2D eigenvalue weighted by molar-refractivity contribution is 6.16. The van der Waals surface area contributed by atoms with Crippen LogP contribution in [-0.2, 0) is 94.7 Å². The number of imidazole rings is 3. The first-order valence-corrected chi connectivity index (χ1v) is 40.2. The standard InChI is InChI=1S/C30H32N6O6.C29H29ClN6O6.C29H28N6O5.3CH4/c1-6-9-24-31-26(30(3,4)39-5)25(28(37)40-17-23-18(2)41-29(38)42-23)36(24)16-19-12-14-20(15-13-19)21-10-7-8-11-22(21)27-32-34-35-33-27;1-4-7-23-31-25(29(2,3)39)24(27(37)40-16-22-21(14-30)41-28(38)42-22)36(23)15-17-10-12-18(13-11-17)19-8-5-6-9-20(19)26-32-34-35-33-26;1-5-8-24-30-25(17(2)3)26(28(36)38-16-23-18(4)39-29(37)40-23)35(24)15-19-11-13-20(14-12-19)21-9-6-7-10-22(21)27-31-33-34-32-27;;;/h7-8,10-15H,6,9,16-17H2,1-5H3,(H,32,33,34,35);5-6,8-13,39H,4,7,14-16H2,1-3H3,(H,32,33,34,35);6-7,9-14H,2,5,8,15-16H2,1,3-4H3,(H,31,32,33,34);3*1H4.